The molecule has 1 aromatic carbocycles. The third-order valence-electron chi connectivity index (χ3n) is 3.01. The van der Waals surface area contributed by atoms with Gasteiger partial charge in [0.1, 0.15) is 5.75 Å². The number of nitrogens with zero attached hydrogens (tertiary/aromatic N) is 2. The molecule has 4 heteroatoms. The first-order valence-electron chi connectivity index (χ1n) is 6.71. The van der Waals surface area contributed by atoms with Gasteiger partial charge in [0.2, 0.25) is 0 Å². The SMILES string of the molecule is Cc1cc(CN)nc(Oc2cccc(C(C)(C)C)c2)n1. The van der Waals surface area contributed by atoms with Gasteiger partial charge < -0.3 is 10.5 Å². The van der Waals surface area contributed by atoms with Gasteiger partial charge in [0, 0.05) is 12.2 Å². The maximum Gasteiger partial charge on any atom is 0.322 e. The molecule has 106 valence electrons. The monoisotopic (exact) mass is 271 g/mol. The van der Waals surface area contributed by atoms with Crippen LogP contribution in [0.1, 0.15) is 37.7 Å². The van der Waals surface area contributed by atoms with Crippen LogP contribution in [-0.2, 0) is 12.0 Å². The number of hydrogen-bond donors (Lipinski definition) is 1. The Balaban J connectivity index is 2.28. The first kappa shape index (κ1) is 14.5. The van der Waals surface area contributed by atoms with Crippen molar-refractivity contribution in [2.24, 2.45) is 5.73 Å². The molecular weight excluding hydrogens is 250 g/mol. The van der Waals surface area contributed by atoms with Crippen molar-refractivity contribution < 1.29 is 4.74 Å². The molecule has 4 nitrogen and oxygen atoms in total. The highest BCUT2D eigenvalue weighted by molar-refractivity contribution is 5.34. The summed E-state index contributed by atoms with van der Waals surface area (Å²) in [7, 11) is 0. The lowest BCUT2D eigenvalue weighted by Crippen LogP contribution is -2.10. The van der Waals surface area contributed by atoms with Crippen LogP contribution in [0, 0.1) is 6.92 Å². The summed E-state index contributed by atoms with van der Waals surface area (Å²) in [5, 5.41) is 0. The van der Waals surface area contributed by atoms with E-state index in [0.29, 0.717) is 12.6 Å². The van der Waals surface area contributed by atoms with Gasteiger partial charge in [0.05, 0.1) is 5.69 Å². The molecule has 0 aliphatic carbocycles. The fraction of sp³-hybridized carbons (Fsp3) is 0.375. The third-order valence-corrected chi connectivity index (χ3v) is 3.01. The van der Waals surface area contributed by atoms with Crippen LogP contribution in [0.15, 0.2) is 30.3 Å². The van der Waals surface area contributed by atoms with Gasteiger partial charge in [-0.15, -0.1) is 0 Å². The number of aryl methyl sites for hydroxylation is 1. The highest BCUT2D eigenvalue weighted by Gasteiger charge is 2.14. The Kier molecular flexibility index (Phi) is 4.04. The number of aromatic nitrogens is 2. The molecule has 2 aromatic rings. The van der Waals surface area contributed by atoms with Crippen molar-refractivity contribution in [1.82, 2.24) is 9.97 Å². The lowest BCUT2D eigenvalue weighted by Gasteiger charge is -2.19. The summed E-state index contributed by atoms with van der Waals surface area (Å²) in [5.41, 5.74) is 8.53. The minimum absolute atomic E-state index is 0.0786. The summed E-state index contributed by atoms with van der Waals surface area (Å²) >= 11 is 0. The van der Waals surface area contributed by atoms with Crippen LogP contribution in [0.4, 0.5) is 0 Å². The molecule has 0 atom stereocenters. The van der Waals surface area contributed by atoms with Crippen molar-refractivity contribution in [3.05, 3.63) is 47.3 Å². The molecule has 0 radical (unpaired) electrons. The van der Waals surface area contributed by atoms with Gasteiger partial charge in [-0.2, -0.15) is 4.98 Å². The van der Waals surface area contributed by atoms with Crippen LogP contribution in [0.3, 0.4) is 0 Å². The van der Waals surface area contributed by atoms with Crippen molar-refractivity contribution in [2.45, 2.75) is 39.7 Å². The van der Waals surface area contributed by atoms with E-state index in [4.69, 9.17) is 10.5 Å². The first-order valence-corrected chi connectivity index (χ1v) is 6.71. The second-order valence-electron chi connectivity index (χ2n) is 5.87. The standard InChI is InChI=1S/C16H21N3O/c1-11-8-13(10-17)19-15(18-11)20-14-7-5-6-12(9-14)16(2,3)4/h5-9H,10,17H2,1-4H3. The molecule has 0 fully saturated rings. The zero-order valence-corrected chi connectivity index (χ0v) is 12.5. The predicted octanol–water partition coefficient (Wildman–Crippen LogP) is 3.33. The molecule has 0 unspecified atom stereocenters. The maximum absolute atomic E-state index is 5.76. The molecule has 1 aromatic heterocycles. The number of nitrogens with two attached hydrogens (primary N) is 1. The molecular formula is C16H21N3O. The lowest BCUT2D eigenvalue weighted by atomic mass is 9.87. The van der Waals surface area contributed by atoms with Gasteiger partial charge in [-0.25, -0.2) is 4.98 Å². The van der Waals surface area contributed by atoms with Crippen LogP contribution >= 0.6 is 0 Å². The van der Waals surface area contributed by atoms with Crippen molar-refractivity contribution in [2.75, 3.05) is 0 Å². The van der Waals surface area contributed by atoms with E-state index in [1.807, 2.05) is 31.2 Å². The van der Waals surface area contributed by atoms with Crippen LogP contribution in [0.2, 0.25) is 0 Å². The second kappa shape index (κ2) is 5.59. The first-order chi connectivity index (χ1) is 9.38. The van der Waals surface area contributed by atoms with Gasteiger partial charge in [0.15, 0.2) is 0 Å². The Morgan fingerprint density at radius 1 is 1.15 bits per heavy atom. The molecule has 0 saturated carbocycles. The Bertz CT molecular complexity index is 603. The summed E-state index contributed by atoms with van der Waals surface area (Å²) in [6.45, 7) is 8.78. The molecule has 2 rings (SSSR count). The van der Waals surface area contributed by atoms with E-state index in [9.17, 15) is 0 Å². The number of ether oxygens (including phenoxy) is 1. The van der Waals surface area contributed by atoms with E-state index >= 15 is 0 Å². The topological polar surface area (TPSA) is 61.0 Å². The van der Waals surface area contributed by atoms with E-state index in [0.717, 1.165) is 17.1 Å². The summed E-state index contributed by atoms with van der Waals surface area (Å²) in [6.07, 6.45) is 0. The van der Waals surface area contributed by atoms with Gasteiger partial charge in [-0.3, -0.25) is 0 Å². The molecule has 0 spiro atoms. The average molecular weight is 271 g/mol. The predicted molar refractivity (Wildman–Crippen MR) is 79.9 cm³/mol. The largest absolute Gasteiger partial charge is 0.424 e. The molecule has 1 heterocycles. The Morgan fingerprint density at radius 2 is 1.90 bits per heavy atom. The van der Waals surface area contributed by atoms with E-state index in [-0.39, 0.29) is 5.41 Å². The van der Waals surface area contributed by atoms with Gasteiger partial charge >= 0.3 is 6.01 Å². The number of hydrogen-bond acceptors (Lipinski definition) is 4. The summed E-state index contributed by atoms with van der Waals surface area (Å²) in [6, 6.07) is 10.2. The van der Waals surface area contributed by atoms with E-state index in [2.05, 4.69) is 36.8 Å². The van der Waals surface area contributed by atoms with Crippen LogP contribution < -0.4 is 10.5 Å². The van der Waals surface area contributed by atoms with Crippen molar-refractivity contribution in [3.8, 4) is 11.8 Å². The van der Waals surface area contributed by atoms with Gasteiger partial charge in [-0.05, 0) is 36.1 Å². The van der Waals surface area contributed by atoms with Crippen molar-refractivity contribution >= 4 is 0 Å². The van der Waals surface area contributed by atoms with Crippen LogP contribution in [0.25, 0.3) is 0 Å². The number of benzene rings is 1. The summed E-state index contributed by atoms with van der Waals surface area (Å²) < 4.78 is 5.76. The van der Waals surface area contributed by atoms with Crippen LogP contribution in [0.5, 0.6) is 11.8 Å². The fourth-order valence-corrected chi connectivity index (χ4v) is 1.89. The molecule has 0 saturated heterocycles. The Morgan fingerprint density at radius 3 is 2.55 bits per heavy atom. The molecule has 2 N–H and O–H groups in total. The smallest absolute Gasteiger partial charge is 0.322 e. The van der Waals surface area contributed by atoms with Gasteiger partial charge in [0.25, 0.3) is 0 Å². The molecule has 0 aliphatic heterocycles. The summed E-state index contributed by atoms with van der Waals surface area (Å²) in [4.78, 5) is 8.56. The minimum atomic E-state index is 0.0786. The molecule has 0 aliphatic rings. The summed E-state index contributed by atoms with van der Waals surface area (Å²) in [5.74, 6) is 0.742. The van der Waals surface area contributed by atoms with Gasteiger partial charge in [-0.1, -0.05) is 32.9 Å². The molecule has 20 heavy (non-hydrogen) atoms. The quantitative estimate of drug-likeness (QED) is 0.930. The van der Waals surface area contributed by atoms with E-state index in [1.165, 1.54) is 5.56 Å². The minimum Gasteiger partial charge on any atom is -0.424 e. The molecule has 0 amide bonds. The van der Waals surface area contributed by atoms with Crippen molar-refractivity contribution in [1.29, 1.82) is 0 Å². The normalized spacial score (nSPS) is 11.4. The third kappa shape index (κ3) is 3.54. The van der Waals surface area contributed by atoms with Crippen LogP contribution in [-0.4, -0.2) is 9.97 Å². The average Bonchev–Trinajstić information content (AvgIpc) is 2.37. The van der Waals surface area contributed by atoms with E-state index in [1.54, 1.807) is 0 Å². The molecule has 0 bridgehead atoms. The number of rotatable bonds is 3. The highest BCUT2D eigenvalue weighted by atomic mass is 16.5. The van der Waals surface area contributed by atoms with E-state index < -0.39 is 0 Å². The Hall–Kier alpha value is -1.94. The fourth-order valence-electron chi connectivity index (χ4n) is 1.89. The zero-order chi connectivity index (χ0) is 14.8. The van der Waals surface area contributed by atoms with Crippen molar-refractivity contribution in [3.63, 3.8) is 0 Å². The highest BCUT2D eigenvalue weighted by Crippen LogP contribution is 2.27. The maximum atomic E-state index is 5.76. The Labute approximate surface area is 120 Å². The second-order valence-corrected chi connectivity index (χ2v) is 5.87. The zero-order valence-electron chi connectivity index (χ0n) is 12.5. The lowest BCUT2D eigenvalue weighted by molar-refractivity contribution is 0.435.